The topological polar surface area (TPSA) is 55.9 Å². The second-order valence-corrected chi connectivity index (χ2v) is 5.72. The van der Waals surface area contributed by atoms with Crippen LogP contribution in [0.3, 0.4) is 0 Å². The van der Waals surface area contributed by atoms with Gasteiger partial charge in [-0.2, -0.15) is 0 Å². The molecule has 1 fully saturated rings. The molecule has 0 aromatic rings. The summed E-state index contributed by atoms with van der Waals surface area (Å²) < 4.78 is 10.2. The first-order chi connectivity index (χ1) is 8.77. The maximum atomic E-state index is 11.4. The highest BCUT2D eigenvalue weighted by Gasteiger charge is 2.46. The molecule has 2 unspecified atom stereocenters. The van der Waals surface area contributed by atoms with Gasteiger partial charge < -0.3 is 9.47 Å². The van der Waals surface area contributed by atoms with Crippen LogP contribution in [0.25, 0.3) is 0 Å². The highest BCUT2D eigenvalue weighted by Crippen LogP contribution is 2.38. The van der Waals surface area contributed by atoms with Gasteiger partial charge in [-0.3, -0.25) is 9.59 Å². The smallest absolute Gasteiger partial charge is 0.316 e. The van der Waals surface area contributed by atoms with Crippen LogP contribution in [0.2, 0.25) is 0 Å². The largest absolute Gasteiger partial charge is 0.468 e. The van der Waals surface area contributed by atoms with E-state index in [9.17, 15) is 9.59 Å². The molecule has 1 aliphatic rings. The van der Waals surface area contributed by atoms with E-state index in [1.54, 1.807) is 0 Å². The van der Waals surface area contributed by atoms with Crippen LogP contribution < -0.4 is 0 Å². The molecule has 4 nitrogen and oxygen atoms in total. The van der Waals surface area contributed by atoms with Gasteiger partial charge in [0.05, 0.1) is 18.8 Å². The summed E-state index contributed by atoms with van der Waals surface area (Å²) in [5.41, 5.74) is 1.20. The summed E-state index contributed by atoms with van der Waals surface area (Å²) in [7, 11) is 1.31. The maximum Gasteiger partial charge on any atom is 0.316 e. The number of hydrogen-bond acceptors (Lipinski definition) is 4. The van der Waals surface area contributed by atoms with Crippen LogP contribution in [0.15, 0.2) is 11.6 Å². The van der Waals surface area contributed by atoms with Crippen molar-refractivity contribution in [3.8, 4) is 0 Å². The zero-order valence-electron chi connectivity index (χ0n) is 12.5. The molecule has 0 radical (unpaired) electrons. The molecule has 0 amide bonds. The Morgan fingerprint density at radius 2 is 1.95 bits per heavy atom. The highest BCUT2D eigenvalue weighted by molar-refractivity contribution is 5.97. The summed E-state index contributed by atoms with van der Waals surface area (Å²) in [6, 6.07) is 0. The van der Waals surface area contributed by atoms with Gasteiger partial charge in [-0.25, -0.2) is 0 Å². The molecule has 1 aliphatic heterocycles. The number of allylic oxidation sites excluding steroid dienone is 2. The first-order valence-corrected chi connectivity index (χ1v) is 6.69. The first kappa shape index (κ1) is 15.9. The van der Waals surface area contributed by atoms with Crippen molar-refractivity contribution >= 4 is 11.8 Å². The van der Waals surface area contributed by atoms with Gasteiger partial charge in [0.1, 0.15) is 11.7 Å². The Morgan fingerprint density at radius 1 is 1.37 bits per heavy atom. The number of Topliss-reactive ketones (excluding diaryl/α,β-unsaturated/α-hetero) is 1. The number of ketones is 1. The normalized spacial score (nSPS) is 22.8. The SMILES string of the molecule is COC(=O)C(C/C=C(\C)CCC1OC1(C)C)C(C)=O. The van der Waals surface area contributed by atoms with Crippen molar-refractivity contribution in [2.24, 2.45) is 5.92 Å². The molecular formula is C15H24O4. The zero-order valence-corrected chi connectivity index (χ0v) is 12.5. The molecule has 19 heavy (non-hydrogen) atoms. The maximum absolute atomic E-state index is 11.4. The van der Waals surface area contributed by atoms with Gasteiger partial charge >= 0.3 is 5.97 Å². The Labute approximate surface area is 115 Å². The number of carbonyl (C=O) groups excluding carboxylic acids is 2. The monoisotopic (exact) mass is 268 g/mol. The molecule has 0 spiro atoms. The second kappa shape index (κ2) is 6.33. The first-order valence-electron chi connectivity index (χ1n) is 6.69. The standard InChI is InChI=1S/C15H24O4/c1-10(7-9-13-15(3,4)19-13)6-8-12(11(2)16)14(17)18-5/h6,12-13H,7-9H2,1-5H3/b10-6+. The zero-order chi connectivity index (χ0) is 14.6. The van der Waals surface area contributed by atoms with Gasteiger partial charge in [0, 0.05) is 0 Å². The fourth-order valence-electron chi connectivity index (χ4n) is 2.09. The molecule has 0 aromatic heterocycles. The number of rotatable bonds is 7. The minimum atomic E-state index is -0.673. The van der Waals surface area contributed by atoms with E-state index in [2.05, 4.69) is 18.6 Å². The number of ether oxygens (including phenoxy) is 2. The average molecular weight is 268 g/mol. The van der Waals surface area contributed by atoms with Crippen LogP contribution in [0.5, 0.6) is 0 Å². The molecule has 2 atom stereocenters. The van der Waals surface area contributed by atoms with Crippen LogP contribution in [0, 0.1) is 5.92 Å². The molecule has 1 heterocycles. The van der Waals surface area contributed by atoms with Crippen molar-refractivity contribution in [2.45, 2.75) is 58.7 Å². The lowest BCUT2D eigenvalue weighted by molar-refractivity contribution is -0.148. The van der Waals surface area contributed by atoms with Gasteiger partial charge in [-0.1, -0.05) is 11.6 Å². The van der Waals surface area contributed by atoms with E-state index in [4.69, 9.17) is 4.74 Å². The molecule has 1 saturated heterocycles. The lowest BCUT2D eigenvalue weighted by Crippen LogP contribution is -2.22. The average Bonchev–Trinajstić information content (AvgIpc) is 2.94. The van der Waals surface area contributed by atoms with E-state index in [1.807, 2.05) is 13.0 Å². The van der Waals surface area contributed by atoms with Gasteiger partial charge in [0.25, 0.3) is 0 Å². The predicted octanol–water partition coefficient (Wildman–Crippen LogP) is 2.66. The van der Waals surface area contributed by atoms with Crippen molar-refractivity contribution in [3.63, 3.8) is 0 Å². The Kier molecular flexibility index (Phi) is 5.29. The highest BCUT2D eigenvalue weighted by atomic mass is 16.6. The Hall–Kier alpha value is -1.16. The summed E-state index contributed by atoms with van der Waals surface area (Å²) >= 11 is 0. The summed E-state index contributed by atoms with van der Waals surface area (Å²) in [4.78, 5) is 22.8. The Morgan fingerprint density at radius 3 is 2.37 bits per heavy atom. The summed E-state index contributed by atoms with van der Waals surface area (Å²) in [6.07, 6.45) is 4.62. The van der Waals surface area contributed by atoms with Gasteiger partial charge in [-0.05, 0) is 47.0 Å². The van der Waals surface area contributed by atoms with E-state index < -0.39 is 11.9 Å². The summed E-state index contributed by atoms with van der Waals surface area (Å²) in [5, 5.41) is 0. The second-order valence-electron chi connectivity index (χ2n) is 5.72. The summed E-state index contributed by atoms with van der Waals surface area (Å²) in [6.45, 7) is 7.61. The number of carbonyl (C=O) groups is 2. The number of methoxy groups -OCH3 is 1. The van der Waals surface area contributed by atoms with Crippen molar-refractivity contribution < 1.29 is 19.1 Å². The van der Waals surface area contributed by atoms with E-state index >= 15 is 0 Å². The van der Waals surface area contributed by atoms with Crippen LogP contribution >= 0.6 is 0 Å². The molecule has 1 rings (SSSR count). The lowest BCUT2D eigenvalue weighted by Gasteiger charge is -2.09. The molecule has 108 valence electrons. The van der Waals surface area contributed by atoms with E-state index in [0.717, 1.165) is 12.8 Å². The molecule has 0 aromatic carbocycles. The summed E-state index contributed by atoms with van der Waals surface area (Å²) in [5.74, 6) is -1.28. The Balaban J connectivity index is 2.40. The third-order valence-electron chi connectivity index (χ3n) is 3.64. The van der Waals surface area contributed by atoms with Crippen LogP contribution in [-0.4, -0.2) is 30.6 Å². The van der Waals surface area contributed by atoms with Crippen LogP contribution in [0.4, 0.5) is 0 Å². The van der Waals surface area contributed by atoms with E-state index in [1.165, 1.54) is 19.6 Å². The van der Waals surface area contributed by atoms with Gasteiger partial charge in [-0.15, -0.1) is 0 Å². The molecule has 0 N–H and O–H groups in total. The third-order valence-corrected chi connectivity index (χ3v) is 3.64. The molecule has 0 bridgehead atoms. The number of esters is 1. The third kappa shape index (κ3) is 4.78. The van der Waals surface area contributed by atoms with Crippen molar-refractivity contribution in [3.05, 3.63) is 11.6 Å². The lowest BCUT2D eigenvalue weighted by atomic mass is 9.97. The minimum absolute atomic E-state index is 0.0220. The van der Waals surface area contributed by atoms with Crippen LogP contribution in [-0.2, 0) is 19.1 Å². The Bertz CT molecular complexity index is 382. The van der Waals surface area contributed by atoms with Gasteiger partial charge in [0.15, 0.2) is 0 Å². The van der Waals surface area contributed by atoms with E-state index in [0.29, 0.717) is 12.5 Å². The minimum Gasteiger partial charge on any atom is -0.468 e. The fourth-order valence-corrected chi connectivity index (χ4v) is 2.09. The van der Waals surface area contributed by atoms with Gasteiger partial charge in [0.2, 0.25) is 0 Å². The van der Waals surface area contributed by atoms with E-state index in [-0.39, 0.29) is 11.4 Å². The molecule has 4 heteroatoms. The molecular weight excluding hydrogens is 244 g/mol. The molecule has 0 saturated carbocycles. The van der Waals surface area contributed by atoms with Crippen molar-refractivity contribution in [1.29, 1.82) is 0 Å². The fraction of sp³-hybridized carbons (Fsp3) is 0.733. The molecule has 0 aliphatic carbocycles. The van der Waals surface area contributed by atoms with Crippen molar-refractivity contribution in [1.82, 2.24) is 0 Å². The quantitative estimate of drug-likeness (QED) is 0.308. The van der Waals surface area contributed by atoms with Crippen LogP contribution in [0.1, 0.15) is 47.0 Å². The van der Waals surface area contributed by atoms with Crippen molar-refractivity contribution in [2.75, 3.05) is 7.11 Å². The predicted molar refractivity (Wildman–Crippen MR) is 72.7 cm³/mol. The number of hydrogen-bond donors (Lipinski definition) is 0. The number of epoxide rings is 1.